The molecular weight excluding hydrogens is 438 g/mol. The minimum Gasteiger partial charge on any atom is -0.362 e. The van der Waals surface area contributed by atoms with Crippen LogP contribution >= 0.6 is 15.9 Å². The van der Waals surface area contributed by atoms with Crippen LogP contribution in [0.15, 0.2) is 71.2 Å². The average molecular weight is 456 g/mol. The van der Waals surface area contributed by atoms with Gasteiger partial charge < -0.3 is 4.90 Å². The van der Waals surface area contributed by atoms with Crippen molar-refractivity contribution in [2.24, 2.45) is 0 Å². The number of nitro benzene ring substituents is 2. The number of non-ortho nitro benzene ring substituents is 2. The number of anilines is 1. The highest BCUT2D eigenvalue weighted by molar-refractivity contribution is 9.10. The molecule has 0 unspecified atom stereocenters. The molecule has 148 valence electrons. The lowest BCUT2D eigenvalue weighted by Crippen LogP contribution is -2.22. The van der Waals surface area contributed by atoms with Crippen LogP contribution in [0.5, 0.6) is 0 Å². The highest BCUT2D eigenvalue weighted by atomic mass is 79.9. The average Bonchev–Trinajstić information content (AvgIpc) is 2.68. The van der Waals surface area contributed by atoms with Crippen molar-refractivity contribution in [2.45, 2.75) is 20.0 Å². The first-order valence-corrected chi connectivity index (χ1v) is 9.60. The molecule has 3 aromatic rings. The summed E-state index contributed by atoms with van der Waals surface area (Å²) in [4.78, 5) is 23.1. The van der Waals surface area contributed by atoms with Crippen LogP contribution in [0.3, 0.4) is 0 Å². The number of nitro groups is 2. The second-order valence-electron chi connectivity index (χ2n) is 6.66. The summed E-state index contributed by atoms with van der Waals surface area (Å²) in [5.41, 5.74) is 4.02. The standard InChI is InChI=1S/C21H18BrN3O4/c1-15-2-11-21(20(22)12-15)23(13-16-3-7-18(8-4-16)24(26)27)14-17-5-9-19(10-6-17)25(28)29/h2-12H,13-14H2,1H3. The normalized spacial score (nSPS) is 10.6. The molecule has 0 heterocycles. The number of nitrogens with zero attached hydrogens (tertiary/aromatic N) is 3. The van der Waals surface area contributed by atoms with E-state index in [1.54, 1.807) is 24.3 Å². The molecule has 0 aliphatic rings. The summed E-state index contributed by atoms with van der Waals surface area (Å²) in [5, 5.41) is 21.8. The van der Waals surface area contributed by atoms with Crippen LogP contribution in [-0.4, -0.2) is 9.85 Å². The van der Waals surface area contributed by atoms with E-state index >= 15 is 0 Å². The zero-order valence-corrected chi connectivity index (χ0v) is 17.2. The first-order valence-electron chi connectivity index (χ1n) is 8.81. The molecule has 0 aromatic heterocycles. The Kier molecular flexibility index (Phi) is 6.23. The van der Waals surface area contributed by atoms with Crippen molar-refractivity contribution in [1.29, 1.82) is 0 Å². The number of rotatable bonds is 7. The lowest BCUT2D eigenvalue weighted by Gasteiger charge is -2.26. The summed E-state index contributed by atoms with van der Waals surface area (Å²) >= 11 is 3.62. The summed E-state index contributed by atoms with van der Waals surface area (Å²) in [6, 6.07) is 19.0. The molecule has 8 heteroatoms. The first-order chi connectivity index (χ1) is 13.8. The van der Waals surface area contributed by atoms with Gasteiger partial charge in [-0.05, 0) is 51.7 Å². The minimum absolute atomic E-state index is 0.0483. The van der Waals surface area contributed by atoms with E-state index in [9.17, 15) is 20.2 Å². The van der Waals surface area contributed by atoms with Gasteiger partial charge in [0.1, 0.15) is 0 Å². The quantitative estimate of drug-likeness (QED) is 0.332. The van der Waals surface area contributed by atoms with Crippen molar-refractivity contribution < 1.29 is 9.85 Å². The van der Waals surface area contributed by atoms with Crippen molar-refractivity contribution in [3.63, 3.8) is 0 Å². The number of benzene rings is 3. The number of halogens is 1. The Morgan fingerprint density at radius 2 is 1.24 bits per heavy atom. The van der Waals surface area contributed by atoms with E-state index < -0.39 is 9.85 Å². The molecule has 29 heavy (non-hydrogen) atoms. The predicted molar refractivity (Wildman–Crippen MR) is 115 cm³/mol. The fourth-order valence-electron chi connectivity index (χ4n) is 2.98. The van der Waals surface area contributed by atoms with Gasteiger partial charge in [-0.25, -0.2) is 0 Å². The van der Waals surface area contributed by atoms with Gasteiger partial charge in [-0.3, -0.25) is 20.2 Å². The summed E-state index contributed by atoms with van der Waals surface area (Å²) in [6.45, 7) is 3.05. The molecule has 0 amide bonds. The van der Waals surface area contributed by atoms with Gasteiger partial charge in [-0.15, -0.1) is 0 Å². The first kappa shape index (κ1) is 20.5. The fraction of sp³-hybridized carbons (Fsp3) is 0.143. The monoisotopic (exact) mass is 455 g/mol. The van der Waals surface area contributed by atoms with Crippen molar-refractivity contribution in [3.05, 3.63) is 108 Å². The lowest BCUT2D eigenvalue weighted by molar-refractivity contribution is -0.385. The molecule has 0 radical (unpaired) electrons. The Labute approximate surface area is 176 Å². The molecular formula is C21H18BrN3O4. The van der Waals surface area contributed by atoms with Crippen molar-refractivity contribution in [3.8, 4) is 0 Å². The largest absolute Gasteiger partial charge is 0.362 e. The molecule has 0 bridgehead atoms. The second kappa shape index (κ2) is 8.83. The van der Waals surface area contributed by atoms with Gasteiger partial charge in [0.25, 0.3) is 11.4 Å². The third-order valence-corrected chi connectivity index (χ3v) is 5.12. The Morgan fingerprint density at radius 1 is 0.793 bits per heavy atom. The Balaban J connectivity index is 1.90. The molecule has 3 aromatic carbocycles. The Hall–Kier alpha value is -3.26. The highest BCUT2D eigenvalue weighted by Crippen LogP contribution is 2.30. The topological polar surface area (TPSA) is 89.5 Å². The van der Waals surface area contributed by atoms with Gasteiger partial charge in [0.05, 0.1) is 15.5 Å². The predicted octanol–water partition coefficient (Wildman–Crippen LogP) is 5.78. The molecule has 7 nitrogen and oxygen atoms in total. The van der Waals surface area contributed by atoms with E-state index in [1.165, 1.54) is 24.3 Å². The van der Waals surface area contributed by atoms with E-state index in [0.717, 1.165) is 26.9 Å². The molecule has 3 rings (SSSR count). The van der Waals surface area contributed by atoms with Crippen LogP contribution in [0.4, 0.5) is 17.1 Å². The van der Waals surface area contributed by atoms with Crippen LogP contribution in [0, 0.1) is 27.2 Å². The SMILES string of the molecule is Cc1ccc(N(Cc2ccc([N+](=O)[O-])cc2)Cc2ccc([N+](=O)[O-])cc2)c(Br)c1. The molecule has 0 aliphatic heterocycles. The summed E-state index contributed by atoms with van der Waals surface area (Å²) in [7, 11) is 0. The van der Waals surface area contributed by atoms with Gasteiger partial charge >= 0.3 is 0 Å². The number of aryl methyl sites for hydroxylation is 1. The summed E-state index contributed by atoms with van der Waals surface area (Å²) in [6.07, 6.45) is 0. The minimum atomic E-state index is -0.422. The zero-order valence-electron chi connectivity index (χ0n) is 15.6. The third kappa shape index (κ3) is 5.17. The lowest BCUT2D eigenvalue weighted by atomic mass is 10.1. The van der Waals surface area contributed by atoms with E-state index in [2.05, 4.69) is 20.8 Å². The van der Waals surface area contributed by atoms with Crippen molar-refractivity contribution in [1.82, 2.24) is 0 Å². The van der Waals surface area contributed by atoms with Gasteiger partial charge in [0, 0.05) is 41.8 Å². The maximum atomic E-state index is 10.9. The molecule has 0 aliphatic carbocycles. The molecule has 0 fully saturated rings. The Morgan fingerprint density at radius 3 is 1.62 bits per heavy atom. The van der Waals surface area contributed by atoms with Gasteiger partial charge in [0.2, 0.25) is 0 Å². The summed E-state index contributed by atoms with van der Waals surface area (Å²) in [5.74, 6) is 0. The van der Waals surface area contributed by atoms with E-state index in [-0.39, 0.29) is 11.4 Å². The highest BCUT2D eigenvalue weighted by Gasteiger charge is 2.14. The summed E-state index contributed by atoms with van der Waals surface area (Å²) < 4.78 is 0.932. The third-order valence-electron chi connectivity index (χ3n) is 4.49. The van der Waals surface area contributed by atoms with Gasteiger partial charge in [-0.2, -0.15) is 0 Å². The zero-order chi connectivity index (χ0) is 21.0. The van der Waals surface area contributed by atoms with Crippen LogP contribution < -0.4 is 4.90 Å². The molecule has 0 spiro atoms. The maximum absolute atomic E-state index is 10.9. The molecule has 0 saturated heterocycles. The van der Waals surface area contributed by atoms with Crippen LogP contribution in [0.2, 0.25) is 0 Å². The molecule has 0 atom stereocenters. The second-order valence-corrected chi connectivity index (χ2v) is 7.51. The number of hydrogen-bond donors (Lipinski definition) is 0. The maximum Gasteiger partial charge on any atom is 0.269 e. The fourth-order valence-corrected chi connectivity index (χ4v) is 3.73. The van der Waals surface area contributed by atoms with E-state index in [1.807, 2.05) is 25.1 Å². The molecule has 0 saturated carbocycles. The molecule has 0 N–H and O–H groups in total. The van der Waals surface area contributed by atoms with E-state index in [4.69, 9.17) is 0 Å². The van der Waals surface area contributed by atoms with E-state index in [0.29, 0.717) is 13.1 Å². The smallest absolute Gasteiger partial charge is 0.269 e. The van der Waals surface area contributed by atoms with Crippen LogP contribution in [0.25, 0.3) is 0 Å². The van der Waals surface area contributed by atoms with Crippen LogP contribution in [0.1, 0.15) is 16.7 Å². The van der Waals surface area contributed by atoms with Gasteiger partial charge in [0.15, 0.2) is 0 Å². The van der Waals surface area contributed by atoms with Crippen molar-refractivity contribution >= 4 is 33.0 Å². The van der Waals surface area contributed by atoms with Crippen LogP contribution in [-0.2, 0) is 13.1 Å². The Bertz CT molecular complexity index is 977. The van der Waals surface area contributed by atoms with Gasteiger partial charge in [-0.1, -0.05) is 30.3 Å². The van der Waals surface area contributed by atoms with Crippen molar-refractivity contribution in [2.75, 3.05) is 4.90 Å². The number of hydrogen-bond acceptors (Lipinski definition) is 5.